The van der Waals surface area contributed by atoms with Crippen molar-refractivity contribution in [1.29, 1.82) is 0 Å². The molecule has 13 heteroatoms. The van der Waals surface area contributed by atoms with E-state index in [-0.39, 0.29) is 29.5 Å². The first-order valence-corrected chi connectivity index (χ1v) is 13.3. The van der Waals surface area contributed by atoms with Crippen LogP contribution in [0.5, 0.6) is 0 Å². The summed E-state index contributed by atoms with van der Waals surface area (Å²) in [4.78, 5) is 8.26. The highest BCUT2D eigenvalue weighted by Gasteiger charge is 2.39. The Kier molecular flexibility index (Phi) is 7.44. The van der Waals surface area contributed by atoms with E-state index in [0.717, 1.165) is 25.7 Å². The maximum absolute atomic E-state index is 13.4. The highest BCUT2D eigenvalue weighted by molar-refractivity contribution is 7.93. The van der Waals surface area contributed by atoms with Crippen molar-refractivity contribution in [3.8, 4) is 0 Å². The fourth-order valence-electron chi connectivity index (χ4n) is 4.42. The summed E-state index contributed by atoms with van der Waals surface area (Å²) in [5.41, 5.74) is -0.268. The Labute approximate surface area is 204 Å². The van der Waals surface area contributed by atoms with Crippen LogP contribution in [-0.4, -0.2) is 64.3 Å². The molecule has 11 nitrogen and oxygen atoms in total. The van der Waals surface area contributed by atoms with Gasteiger partial charge in [0.15, 0.2) is 11.6 Å². The lowest BCUT2D eigenvalue weighted by atomic mass is 10.0. The van der Waals surface area contributed by atoms with Crippen molar-refractivity contribution in [3.63, 3.8) is 0 Å². The molecule has 2 aromatic rings. The smallest absolute Gasteiger partial charge is 0.240 e. The van der Waals surface area contributed by atoms with Gasteiger partial charge in [0, 0.05) is 38.8 Å². The number of rotatable bonds is 8. The van der Waals surface area contributed by atoms with Crippen LogP contribution in [0.1, 0.15) is 76.4 Å². The molecule has 0 saturated carbocycles. The van der Waals surface area contributed by atoms with E-state index >= 15 is 0 Å². The molecule has 2 aromatic heterocycles. The van der Waals surface area contributed by atoms with Crippen LogP contribution >= 0.6 is 11.6 Å². The van der Waals surface area contributed by atoms with Gasteiger partial charge in [-0.25, -0.2) is 18.4 Å². The molecule has 0 amide bonds. The molecule has 0 radical (unpaired) electrons. The van der Waals surface area contributed by atoms with Gasteiger partial charge < -0.3 is 14.2 Å². The molecule has 2 saturated heterocycles. The van der Waals surface area contributed by atoms with Gasteiger partial charge in [-0.15, -0.1) is 10.2 Å². The predicted molar refractivity (Wildman–Crippen MR) is 125 cm³/mol. The largest absolute Gasteiger partial charge is 0.381 e. The second-order valence-electron chi connectivity index (χ2n) is 9.27. The number of hydrogen-bond donors (Lipinski definition) is 1. The van der Waals surface area contributed by atoms with Gasteiger partial charge in [-0.2, -0.15) is 0 Å². The van der Waals surface area contributed by atoms with Gasteiger partial charge in [-0.3, -0.25) is 9.29 Å². The first kappa shape index (κ1) is 25.2. The number of ether oxygens (including phenoxy) is 3. The number of sulfonamides is 1. The van der Waals surface area contributed by atoms with Crippen LogP contribution in [0, 0.1) is 0 Å². The summed E-state index contributed by atoms with van der Waals surface area (Å²) in [6.07, 6.45) is 4.77. The summed E-state index contributed by atoms with van der Waals surface area (Å²) in [6.45, 7) is 6.78. The summed E-state index contributed by atoms with van der Waals surface area (Å²) in [5.74, 6) is 1.01. The molecular formula is C21H31ClN6O5S. The van der Waals surface area contributed by atoms with Crippen molar-refractivity contribution in [1.82, 2.24) is 24.7 Å². The monoisotopic (exact) mass is 514 g/mol. The molecular weight excluding hydrogens is 484 g/mol. The third-order valence-electron chi connectivity index (χ3n) is 6.33. The Hall–Kier alpha value is -1.86. The molecule has 0 bridgehead atoms. The van der Waals surface area contributed by atoms with E-state index in [1.165, 1.54) is 26.4 Å². The first-order valence-electron chi connectivity index (χ1n) is 11.3. The summed E-state index contributed by atoms with van der Waals surface area (Å²) >= 11 is 5.87. The molecule has 2 fully saturated rings. The lowest BCUT2D eigenvalue weighted by molar-refractivity contribution is -0.0232. The third-order valence-corrected chi connectivity index (χ3v) is 8.22. The van der Waals surface area contributed by atoms with Crippen molar-refractivity contribution in [2.75, 3.05) is 25.0 Å². The Morgan fingerprint density at radius 3 is 2.47 bits per heavy atom. The maximum Gasteiger partial charge on any atom is 0.240 e. The zero-order valence-electron chi connectivity index (χ0n) is 19.8. The number of anilines is 1. The first-order chi connectivity index (χ1) is 16.1. The van der Waals surface area contributed by atoms with E-state index in [0.29, 0.717) is 24.1 Å². The Morgan fingerprint density at radius 2 is 1.88 bits per heavy atom. The van der Waals surface area contributed by atoms with Crippen molar-refractivity contribution in [3.05, 3.63) is 29.1 Å². The predicted octanol–water partition coefficient (Wildman–Crippen LogP) is 3.22. The van der Waals surface area contributed by atoms with Crippen molar-refractivity contribution in [2.45, 2.75) is 75.6 Å². The fourth-order valence-corrected chi connectivity index (χ4v) is 5.65. The lowest BCUT2D eigenvalue weighted by Crippen LogP contribution is -2.34. The highest BCUT2D eigenvalue weighted by Crippen LogP contribution is 2.40. The van der Waals surface area contributed by atoms with Gasteiger partial charge >= 0.3 is 0 Å². The molecule has 2 aliphatic rings. The summed E-state index contributed by atoms with van der Waals surface area (Å²) < 4.78 is 48.5. The molecule has 4 heterocycles. The van der Waals surface area contributed by atoms with Gasteiger partial charge in [-0.05, 0) is 46.5 Å². The second-order valence-corrected chi connectivity index (χ2v) is 11.7. The molecule has 0 aromatic carbocycles. The number of nitrogens with zero attached hydrogens (tertiary/aromatic N) is 5. The zero-order valence-corrected chi connectivity index (χ0v) is 21.3. The average molecular weight is 515 g/mol. The van der Waals surface area contributed by atoms with Crippen LogP contribution in [0.25, 0.3) is 0 Å². The molecule has 0 spiro atoms. The molecule has 1 N–H and O–H groups in total. The summed E-state index contributed by atoms with van der Waals surface area (Å²) in [5, 5.41) is 7.92. The number of halogens is 1. The number of hydrogen-bond acceptors (Lipinski definition) is 9. The molecule has 4 rings (SSSR count). The van der Waals surface area contributed by atoms with Gasteiger partial charge in [0.2, 0.25) is 16.0 Å². The van der Waals surface area contributed by atoms with Gasteiger partial charge in [0.05, 0.1) is 10.6 Å². The van der Waals surface area contributed by atoms with Crippen molar-refractivity contribution in [2.24, 2.45) is 0 Å². The quantitative estimate of drug-likeness (QED) is 0.564. The molecule has 2 aliphatic heterocycles. The topological polar surface area (TPSA) is 130 Å². The third kappa shape index (κ3) is 5.35. The normalized spacial score (nSPS) is 23.0. The van der Waals surface area contributed by atoms with E-state index < -0.39 is 21.4 Å². The van der Waals surface area contributed by atoms with E-state index in [2.05, 4.69) is 24.9 Å². The fraction of sp³-hybridized carbons (Fsp3) is 0.714. The van der Waals surface area contributed by atoms with Gasteiger partial charge in [-0.1, -0.05) is 11.6 Å². The van der Waals surface area contributed by atoms with Gasteiger partial charge in [0.25, 0.3) is 0 Å². The van der Waals surface area contributed by atoms with E-state index in [1.54, 1.807) is 0 Å². The minimum Gasteiger partial charge on any atom is -0.381 e. The Morgan fingerprint density at radius 1 is 1.21 bits per heavy atom. The second kappa shape index (κ2) is 10.0. The van der Waals surface area contributed by atoms with Crippen molar-refractivity contribution < 1.29 is 22.6 Å². The average Bonchev–Trinajstić information content (AvgIpc) is 3.38. The zero-order chi connectivity index (χ0) is 24.5. The number of methoxy groups -OCH3 is 1. The van der Waals surface area contributed by atoms with Crippen LogP contribution in [0.4, 0.5) is 5.95 Å². The molecule has 0 aliphatic carbocycles. The van der Waals surface area contributed by atoms with Crippen LogP contribution in [0.2, 0.25) is 5.02 Å². The van der Waals surface area contributed by atoms with E-state index in [4.69, 9.17) is 25.8 Å². The summed E-state index contributed by atoms with van der Waals surface area (Å²) in [7, 11) is -2.55. The van der Waals surface area contributed by atoms with Crippen LogP contribution in [0.3, 0.4) is 0 Å². The maximum atomic E-state index is 13.4. The molecule has 2 unspecified atom stereocenters. The number of nitrogens with one attached hydrogen (secondary N) is 1. The Balaban J connectivity index is 1.63. The number of aromatic nitrogens is 5. The lowest BCUT2D eigenvalue weighted by Gasteiger charge is -2.28. The minimum absolute atomic E-state index is 0.00288. The summed E-state index contributed by atoms with van der Waals surface area (Å²) in [6, 6.07) is -0.00288. The molecule has 3 atom stereocenters. The molecule has 188 valence electrons. The standard InChI is InChI=1S/C21H31ClN6O5S/c1-13(17(31-4)18-23-11-14(22)12-24-18)34(29,30)27-20-26-25-19(16-5-8-21(2,3)33-16)28(20)15-6-9-32-10-7-15/h11-13,15-17H,5-10H2,1-4H3,(H,26,27)/t13?,16-,17?/m0/s1. The van der Waals surface area contributed by atoms with Crippen molar-refractivity contribution >= 4 is 27.6 Å². The minimum atomic E-state index is -3.96. The SMILES string of the molecule is COC(c1ncc(Cl)cn1)C(C)S(=O)(=O)Nc1nnc([C@@H]2CCC(C)(C)O2)n1C1CCOCC1. The Bertz CT molecular complexity index is 1090. The van der Waals surface area contributed by atoms with E-state index in [1.807, 2.05) is 18.4 Å². The van der Waals surface area contributed by atoms with Crippen LogP contribution < -0.4 is 4.72 Å². The highest BCUT2D eigenvalue weighted by atomic mass is 35.5. The van der Waals surface area contributed by atoms with Crippen LogP contribution in [-0.2, 0) is 24.2 Å². The van der Waals surface area contributed by atoms with Crippen LogP contribution in [0.15, 0.2) is 12.4 Å². The molecule has 34 heavy (non-hydrogen) atoms. The van der Waals surface area contributed by atoms with E-state index in [9.17, 15) is 8.42 Å². The van der Waals surface area contributed by atoms with Gasteiger partial charge in [0.1, 0.15) is 17.5 Å².